The summed E-state index contributed by atoms with van der Waals surface area (Å²) in [7, 11) is 0. The van der Waals surface area contributed by atoms with E-state index < -0.39 is 0 Å². The Morgan fingerprint density at radius 2 is 1.72 bits per heavy atom. The summed E-state index contributed by atoms with van der Waals surface area (Å²) in [5.41, 5.74) is 5.31. The average Bonchev–Trinajstić information content (AvgIpc) is 3.29. The maximum atomic E-state index is 13.6. The van der Waals surface area contributed by atoms with Crippen LogP contribution >= 0.6 is 11.8 Å². The summed E-state index contributed by atoms with van der Waals surface area (Å²) in [5.74, 6) is 0.740. The molecule has 7 nitrogen and oxygen atoms in total. The quantitative estimate of drug-likeness (QED) is 0.313. The molecule has 0 saturated carbocycles. The fourth-order valence-corrected chi connectivity index (χ4v) is 5.14. The normalized spacial score (nSPS) is 11.5. The molecule has 0 bridgehead atoms. The van der Waals surface area contributed by atoms with Gasteiger partial charge in [0.05, 0.1) is 22.3 Å². The lowest BCUT2D eigenvalue weighted by atomic mass is 10.0. The molecule has 2 aromatic heterocycles. The summed E-state index contributed by atoms with van der Waals surface area (Å²) in [6, 6.07) is 21.1. The van der Waals surface area contributed by atoms with Gasteiger partial charge >= 0.3 is 0 Å². The van der Waals surface area contributed by atoms with Crippen molar-refractivity contribution in [2.75, 3.05) is 11.1 Å². The predicted molar refractivity (Wildman–Crippen MR) is 145 cm³/mol. The number of anilines is 1. The second-order valence-electron chi connectivity index (χ2n) is 9.07. The van der Waals surface area contributed by atoms with Crippen molar-refractivity contribution in [1.29, 1.82) is 0 Å². The molecule has 0 aliphatic heterocycles. The van der Waals surface area contributed by atoms with Crippen molar-refractivity contribution in [3.8, 4) is 5.69 Å². The Morgan fingerprint density at radius 1 is 0.972 bits per heavy atom. The molecule has 0 unspecified atom stereocenters. The highest BCUT2D eigenvalue weighted by atomic mass is 32.2. The first-order valence-corrected chi connectivity index (χ1v) is 12.8. The molecule has 0 radical (unpaired) electrons. The van der Waals surface area contributed by atoms with Crippen molar-refractivity contribution < 1.29 is 4.79 Å². The Balaban J connectivity index is 1.55. The van der Waals surface area contributed by atoms with Gasteiger partial charge in [0.2, 0.25) is 11.7 Å². The molecule has 3 aromatic carbocycles. The molecule has 0 aliphatic carbocycles. The number of nitrogens with one attached hydrogen (secondary N) is 1. The first-order valence-electron chi connectivity index (χ1n) is 11.8. The molecule has 5 rings (SSSR count). The van der Waals surface area contributed by atoms with Gasteiger partial charge in [0.25, 0.3) is 5.56 Å². The van der Waals surface area contributed by atoms with Gasteiger partial charge in [-0.1, -0.05) is 68.1 Å². The van der Waals surface area contributed by atoms with Gasteiger partial charge in [-0.05, 0) is 60.7 Å². The van der Waals surface area contributed by atoms with Crippen molar-refractivity contribution in [2.45, 2.75) is 38.8 Å². The monoisotopic (exact) mass is 497 g/mol. The summed E-state index contributed by atoms with van der Waals surface area (Å²) in [6.07, 6.45) is 0. The Morgan fingerprint density at radius 3 is 2.53 bits per heavy atom. The van der Waals surface area contributed by atoms with Crippen molar-refractivity contribution in [3.05, 3.63) is 93.8 Å². The van der Waals surface area contributed by atoms with Crippen LogP contribution in [0.15, 0.2) is 76.7 Å². The number of carbonyl (C=O) groups excluding carboxylic acids is 1. The number of carbonyl (C=O) groups is 1. The summed E-state index contributed by atoms with van der Waals surface area (Å²) in [6.45, 7) is 8.21. The molecule has 182 valence electrons. The Labute approximate surface area is 213 Å². The van der Waals surface area contributed by atoms with Crippen LogP contribution in [0.25, 0.3) is 22.4 Å². The minimum atomic E-state index is -0.154. The zero-order valence-electron chi connectivity index (χ0n) is 20.6. The topological polar surface area (TPSA) is 81.3 Å². The highest BCUT2D eigenvalue weighted by Crippen LogP contribution is 2.27. The van der Waals surface area contributed by atoms with E-state index in [1.165, 1.54) is 11.8 Å². The third-order valence-electron chi connectivity index (χ3n) is 6.40. The van der Waals surface area contributed by atoms with Crippen LogP contribution in [0.2, 0.25) is 0 Å². The maximum Gasteiger partial charge on any atom is 0.267 e. The number of thioether (sulfide) groups is 1. The summed E-state index contributed by atoms with van der Waals surface area (Å²) in [4.78, 5) is 26.4. The van der Waals surface area contributed by atoms with Crippen LogP contribution < -0.4 is 10.9 Å². The van der Waals surface area contributed by atoms with E-state index in [1.807, 2.05) is 85.0 Å². The Bertz CT molecular complexity index is 1670. The van der Waals surface area contributed by atoms with E-state index in [-0.39, 0.29) is 17.2 Å². The molecule has 36 heavy (non-hydrogen) atoms. The smallest absolute Gasteiger partial charge is 0.267 e. The molecule has 1 N–H and O–H groups in total. The first-order chi connectivity index (χ1) is 17.4. The zero-order valence-corrected chi connectivity index (χ0v) is 21.5. The third-order valence-corrected chi connectivity index (χ3v) is 7.33. The van der Waals surface area contributed by atoms with Crippen molar-refractivity contribution in [1.82, 2.24) is 19.2 Å². The number of rotatable bonds is 6. The Hall–Kier alpha value is -3.91. The van der Waals surface area contributed by atoms with E-state index in [2.05, 4.69) is 29.4 Å². The molecule has 5 aromatic rings. The maximum absolute atomic E-state index is 13.6. The van der Waals surface area contributed by atoms with E-state index in [4.69, 9.17) is 0 Å². The van der Waals surface area contributed by atoms with Gasteiger partial charge < -0.3 is 5.32 Å². The standard InChI is InChI=1S/C28H27N5O2S/c1-17(2)20-11-5-7-13-22(20)29-25(34)16-36-28-31-30-27-32(23-15-9-10-18(3)19(23)4)26(35)21-12-6-8-14-24(21)33(27)28/h5-15,17H,16H2,1-4H3,(H,29,34). The van der Waals surface area contributed by atoms with E-state index in [9.17, 15) is 9.59 Å². The summed E-state index contributed by atoms with van der Waals surface area (Å²) in [5, 5.41) is 12.9. The second-order valence-corrected chi connectivity index (χ2v) is 10.0. The largest absolute Gasteiger partial charge is 0.325 e. The van der Waals surface area contributed by atoms with E-state index in [1.54, 1.807) is 4.57 Å². The molecule has 0 spiro atoms. The SMILES string of the molecule is Cc1cccc(-n2c(=O)c3ccccc3n3c(SCC(=O)Nc4ccccc4C(C)C)nnc23)c1C. The summed E-state index contributed by atoms with van der Waals surface area (Å²) < 4.78 is 3.47. The van der Waals surface area contributed by atoms with Gasteiger partial charge in [-0.15, -0.1) is 10.2 Å². The number of hydrogen-bond donors (Lipinski definition) is 1. The lowest BCUT2D eigenvalue weighted by Gasteiger charge is -2.15. The molecule has 8 heteroatoms. The molecule has 0 atom stereocenters. The molecular weight excluding hydrogens is 470 g/mol. The minimum absolute atomic E-state index is 0.128. The highest BCUT2D eigenvalue weighted by molar-refractivity contribution is 7.99. The number of para-hydroxylation sites is 2. The second kappa shape index (κ2) is 9.62. The number of benzene rings is 3. The van der Waals surface area contributed by atoms with Crippen molar-refractivity contribution in [2.24, 2.45) is 0 Å². The van der Waals surface area contributed by atoms with Crippen molar-refractivity contribution >= 4 is 40.0 Å². The third kappa shape index (κ3) is 4.18. The van der Waals surface area contributed by atoms with Crippen LogP contribution in [0.1, 0.15) is 36.5 Å². The van der Waals surface area contributed by atoms with Gasteiger partial charge in [0, 0.05) is 5.69 Å². The van der Waals surface area contributed by atoms with Crippen LogP contribution in [-0.2, 0) is 4.79 Å². The molecule has 0 fully saturated rings. The zero-order chi connectivity index (χ0) is 25.4. The molecule has 2 heterocycles. The van der Waals surface area contributed by atoms with Gasteiger partial charge in [-0.25, -0.2) is 4.57 Å². The highest BCUT2D eigenvalue weighted by Gasteiger charge is 2.20. The molecular formula is C28H27N5O2S. The number of fused-ring (bicyclic) bond motifs is 3. The lowest BCUT2D eigenvalue weighted by Crippen LogP contribution is -2.23. The predicted octanol–water partition coefficient (Wildman–Crippen LogP) is 5.50. The lowest BCUT2D eigenvalue weighted by molar-refractivity contribution is -0.113. The molecule has 1 amide bonds. The van der Waals surface area contributed by atoms with Crippen LogP contribution in [-0.4, -0.2) is 30.8 Å². The van der Waals surface area contributed by atoms with Crippen molar-refractivity contribution in [3.63, 3.8) is 0 Å². The van der Waals surface area contributed by atoms with Crippen LogP contribution in [0.3, 0.4) is 0 Å². The van der Waals surface area contributed by atoms with E-state index in [0.717, 1.165) is 28.1 Å². The molecule has 0 saturated heterocycles. The Kier molecular flexibility index (Phi) is 6.36. The number of hydrogen-bond acceptors (Lipinski definition) is 5. The molecule has 0 aliphatic rings. The fraction of sp³-hybridized carbons (Fsp3) is 0.214. The van der Waals surface area contributed by atoms with Gasteiger partial charge in [0.1, 0.15) is 0 Å². The van der Waals surface area contributed by atoms with E-state index in [0.29, 0.717) is 27.8 Å². The number of nitrogens with zero attached hydrogens (tertiary/aromatic N) is 4. The van der Waals surface area contributed by atoms with Gasteiger partial charge in [-0.3, -0.25) is 14.0 Å². The van der Waals surface area contributed by atoms with Gasteiger partial charge in [-0.2, -0.15) is 0 Å². The van der Waals surface area contributed by atoms with Crippen LogP contribution in [0.4, 0.5) is 5.69 Å². The first kappa shape index (κ1) is 23.8. The summed E-state index contributed by atoms with van der Waals surface area (Å²) >= 11 is 1.29. The number of aromatic nitrogens is 4. The van der Waals surface area contributed by atoms with Gasteiger partial charge in [0.15, 0.2) is 5.16 Å². The van der Waals surface area contributed by atoms with Crippen LogP contribution in [0.5, 0.6) is 0 Å². The average molecular weight is 498 g/mol. The van der Waals surface area contributed by atoms with E-state index >= 15 is 0 Å². The minimum Gasteiger partial charge on any atom is -0.325 e. The number of amides is 1. The fourth-order valence-electron chi connectivity index (χ4n) is 4.40. The number of aryl methyl sites for hydroxylation is 1. The van der Waals surface area contributed by atoms with Crippen LogP contribution in [0, 0.1) is 13.8 Å².